The largest absolute Gasteiger partial charge is 0.378 e. The van der Waals surface area contributed by atoms with E-state index < -0.39 is 0 Å². The molecule has 0 aromatic heterocycles. The molecule has 0 bridgehead atoms. The Bertz CT molecular complexity index is 283. The molecule has 90 valence electrons. The lowest BCUT2D eigenvalue weighted by atomic mass is 10.1. The molecule has 0 unspecified atom stereocenters. The summed E-state index contributed by atoms with van der Waals surface area (Å²) in [7, 11) is 0. The molecule has 1 saturated heterocycles. The predicted octanol–water partition coefficient (Wildman–Crippen LogP) is 0.497. The molecule has 0 saturated carbocycles. The summed E-state index contributed by atoms with van der Waals surface area (Å²) in [6, 6.07) is 0. The maximum Gasteiger partial charge on any atom is 0.236 e. The number of hydrogen-bond donors (Lipinski definition) is 0. The molecule has 0 aliphatic carbocycles. The minimum Gasteiger partial charge on any atom is -0.378 e. The quantitative estimate of drug-likeness (QED) is 0.640. The summed E-state index contributed by atoms with van der Waals surface area (Å²) in [5.41, 5.74) is 1.44. The lowest BCUT2D eigenvalue weighted by molar-refractivity contribution is -0.136. The monoisotopic (exact) mass is 224 g/mol. The molecule has 1 amide bonds. The van der Waals surface area contributed by atoms with Crippen molar-refractivity contribution in [1.29, 1.82) is 0 Å². The van der Waals surface area contributed by atoms with Crippen molar-refractivity contribution in [1.82, 2.24) is 9.80 Å². The van der Waals surface area contributed by atoms with E-state index in [1.165, 1.54) is 5.57 Å². The van der Waals surface area contributed by atoms with E-state index in [2.05, 4.69) is 17.9 Å². The number of rotatable bonds is 2. The van der Waals surface area contributed by atoms with Crippen molar-refractivity contribution < 1.29 is 9.53 Å². The molecule has 2 rings (SSSR count). The molecule has 0 spiro atoms. The van der Waals surface area contributed by atoms with E-state index in [0.29, 0.717) is 19.8 Å². The van der Waals surface area contributed by atoms with Crippen molar-refractivity contribution in [2.75, 3.05) is 45.9 Å². The third-order valence-electron chi connectivity index (χ3n) is 3.24. The lowest BCUT2D eigenvalue weighted by Gasteiger charge is -2.30. The zero-order valence-corrected chi connectivity index (χ0v) is 9.95. The van der Waals surface area contributed by atoms with Gasteiger partial charge in [0.15, 0.2) is 0 Å². The molecule has 16 heavy (non-hydrogen) atoms. The summed E-state index contributed by atoms with van der Waals surface area (Å²) in [5.74, 6) is 0.247. The second kappa shape index (κ2) is 5.46. The highest BCUT2D eigenvalue weighted by molar-refractivity contribution is 5.78. The average molecular weight is 224 g/mol. The fourth-order valence-corrected chi connectivity index (χ4v) is 2.06. The van der Waals surface area contributed by atoms with Crippen LogP contribution in [0.25, 0.3) is 0 Å². The van der Waals surface area contributed by atoms with E-state index in [9.17, 15) is 4.79 Å². The lowest BCUT2D eigenvalue weighted by Crippen LogP contribution is -2.46. The van der Waals surface area contributed by atoms with Gasteiger partial charge in [-0.2, -0.15) is 0 Å². The van der Waals surface area contributed by atoms with Crippen LogP contribution >= 0.6 is 0 Å². The number of carbonyl (C=O) groups excluding carboxylic acids is 1. The van der Waals surface area contributed by atoms with Crippen LogP contribution in [0.15, 0.2) is 11.6 Å². The van der Waals surface area contributed by atoms with Crippen molar-refractivity contribution in [2.24, 2.45) is 0 Å². The maximum absolute atomic E-state index is 12.0. The summed E-state index contributed by atoms with van der Waals surface area (Å²) < 4.78 is 5.24. The zero-order valence-electron chi connectivity index (χ0n) is 9.95. The van der Waals surface area contributed by atoms with Gasteiger partial charge in [-0.1, -0.05) is 11.6 Å². The van der Waals surface area contributed by atoms with E-state index in [1.54, 1.807) is 0 Å². The summed E-state index contributed by atoms with van der Waals surface area (Å²) in [6.45, 7) is 7.52. The Hall–Kier alpha value is -0.870. The molecule has 0 aromatic carbocycles. The Kier molecular flexibility index (Phi) is 3.96. The average Bonchev–Trinajstić information content (AvgIpc) is 2.33. The number of ether oxygens (including phenoxy) is 1. The van der Waals surface area contributed by atoms with Gasteiger partial charge in [0, 0.05) is 26.2 Å². The molecule has 4 heteroatoms. The third-order valence-corrected chi connectivity index (χ3v) is 3.24. The van der Waals surface area contributed by atoms with Gasteiger partial charge in [-0.25, -0.2) is 0 Å². The normalized spacial score (nSPS) is 23.1. The van der Waals surface area contributed by atoms with Gasteiger partial charge >= 0.3 is 0 Å². The van der Waals surface area contributed by atoms with Gasteiger partial charge in [-0.05, 0) is 13.3 Å². The Balaban J connectivity index is 1.78. The molecular weight excluding hydrogens is 204 g/mol. The van der Waals surface area contributed by atoms with E-state index in [4.69, 9.17) is 4.74 Å². The van der Waals surface area contributed by atoms with E-state index >= 15 is 0 Å². The first kappa shape index (κ1) is 11.6. The van der Waals surface area contributed by atoms with E-state index in [0.717, 1.165) is 32.6 Å². The summed E-state index contributed by atoms with van der Waals surface area (Å²) >= 11 is 0. The van der Waals surface area contributed by atoms with Crippen LogP contribution in [0, 0.1) is 0 Å². The first-order valence-corrected chi connectivity index (χ1v) is 5.99. The van der Waals surface area contributed by atoms with Crippen LogP contribution in [0.3, 0.4) is 0 Å². The molecule has 2 aliphatic rings. The number of carbonyl (C=O) groups is 1. The van der Waals surface area contributed by atoms with E-state index in [1.807, 2.05) is 4.90 Å². The van der Waals surface area contributed by atoms with Gasteiger partial charge in [0.05, 0.1) is 19.8 Å². The summed E-state index contributed by atoms with van der Waals surface area (Å²) in [4.78, 5) is 16.1. The van der Waals surface area contributed by atoms with Gasteiger partial charge < -0.3 is 9.64 Å². The molecule has 4 nitrogen and oxygen atoms in total. The third kappa shape index (κ3) is 3.06. The Morgan fingerprint density at radius 3 is 2.75 bits per heavy atom. The molecule has 2 heterocycles. The molecule has 1 fully saturated rings. The Morgan fingerprint density at radius 1 is 1.38 bits per heavy atom. The van der Waals surface area contributed by atoms with Crippen molar-refractivity contribution in [3.63, 3.8) is 0 Å². The fourth-order valence-electron chi connectivity index (χ4n) is 2.06. The van der Waals surface area contributed by atoms with Gasteiger partial charge in [-0.3, -0.25) is 9.69 Å². The number of amides is 1. The Labute approximate surface area is 96.8 Å². The molecular formula is C12H20N2O2. The zero-order chi connectivity index (χ0) is 11.4. The molecule has 2 aliphatic heterocycles. The molecule has 0 atom stereocenters. The molecule has 0 radical (unpaired) electrons. The first-order valence-electron chi connectivity index (χ1n) is 5.99. The SMILES string of the molecule is CC1=CCN(CC(=O)N2CCOCC2)CC1. The van der Waals surface area contributed by atoms with Gasteiger partial charge in [0.2, 0.25) is 5.91 Å². The second-order valence-corrected chi connectivity index (χ2v) is 4.53. The molecule has 0 aromatic rings. The van der Waals surface area contributed by atoms with Crippen LogP contribution in [-0.4, -0.2) is 61.6 Å². The minimum absolute atomic E-state index is 0.247. The van der Waals surface area contributed by atoms with Crippen molar-refractivity contribution in [2.45, 2.75) is 13.3 Å². The number of morpholine rings is 1. The summed E-state index contributed by atoms with van der Waals surface area (Å²) in [5, 5.41) is 0. The van der Waals surface area contributed by atoms with Crippen molar-refractivity contribution in [3.8, 4) is 0 Å². The Morgan fingerprint density at radius 2 is 2.12 bits per heavy atom. The van der Waals surface area contributed by atoms with Crippen molar-refractivity contribution in [3.05, 3.63) is 11.6 Å². The standard InChI is InChI=1S/C12H20N2O2/c1-11-2-4-13(5-3-11)10-12(15)14-6-8-16-9-7-14/h2H,3-10H2,1H3. The topological polar surface area (TPSA) is 32.8 Å². The van der Waals surface area contributed by atoms with Gasteiger partial charge in [0.1, 0.15) is 0 Å². The predicted molar refractivity (Wildman–Crippen MR) is 62.2 cm³/mol. The maximum atomic E-state index is 12.0. The minimum atomic E-state index is 0.247. The van der Waals surface area contributed by atoms with Crippen LogP contribution in [0.5, 0.6) is 0 Å². The number of nitrogens with zero attached hydrogens (tertiary/aromatic N) is 2. The van der Waals surface area contributed by atoms with Crippen LogP contribution in [0.2, 0.25) is 0 Å². The first-order chi connectivity index (χ1) is 7.75. The highest BCUT2D eigenvalue weighted by Crippen LogP contribution is 2.09. The highest BCUT2D eigenvalue weighted by Gasteiger charge is 2.20. The fraction of sp³-hybridized carbons (Fsp3) is 0.750. The smallest absolute Gasteiger partial charge is 0.236 e. The second-order valence-electron chi connectivity index (χ2n) is 4.53. The van der Waals surface area contributed by atoms with Gasteiger partial charge in [0.25, 0.3) is 0 Å². The highest BCUT2D eigenvalue weighted by atomic mass is 16.5. The van der Waals surface area contributed by atoms with Gasteiger partial charge in [-0.15, -0.1) is 0 Å². The van der Waals surface area contributed by atoms with E-state index in [-0.39, 0.29) is 5.91 Å². The van der Waals surface area contributed by atoms with Crippen LogP contribution in [0.1, 0.15) is 13.3 Å². The molecule has 0 N–H and O–H groups in total. The van der Waals surface area contributed by atoms with Crippen LogP contribution in [-0.2, 0) is 9.53 Å². The van der Waals surface area contributed by atoms with Crippen molar-refractivity contribution >= 4 is 5.91 Å². The van der Waals surface area contributed by atoms with Crippen LogP contribution in [0.4, 0.5) is 0 Å². The number of hydrogen-bond acceptors (Lipinski definition) is 3. The van der Waals surface area contributed by atoms with Crippen LogP contribution < -0.4 is 0 Å². The summed E-state index contributed by atoms with van der Waals surface area (Å²) in [6.07, 6.45) is 3.31.